The summed E-state index contributed by atoms with van der Waals surface area (Å²) >= 11 is 0. The molecule has 2 rings (SSSR count). The third-order valence-electron chi connectivity index (χ3n) is 3.00. The highest BCUT2D eigenvalue weighted by Crippen LogP contribution is 2.25. The SMILES string of the molecule is CNC(C)Cc1ccn2cccc(OC(C)=O)c12. The maximum Gasteiger partial charge on any atom is 0.308 e. The Bertz CT molecular complexity index is 560. The highest BCUT2D eigenvalue weighted by atomic mass is 16.5. The second-order valence-corrected chi connectivity index (χ2v) is 4.46. The summed E-state index contributed by atoms with van der Waals surface area (Å²) in [4.78, 5) is 11.1. The fraction of sp³-hybridized carbons (Fsp3) is 0.357. The van der Waals surface area contributed by atoms with Gasteiger partial charge in [0.15, 0.2) is 5.75 Å². The number of esters is 1. The van der Waals surface area contributed by atoms with E-state index in [-0.39, 0.29) is 5.97 Å². The number of pyridine rings is 1. The third-order valence-corrected chi connectivity index (χ3v) is 3.00. The second kappa shape index (κ2) is 5.23. The summed E-state index contributed by atoms with van der Waals surface area (Å²) in [5.41, 5.74) is 2.14. The molecule has 0 radical (unpaired) electrons. The lowest BCUT2D eigenvalue weighted by atomic mass is 10.1. The molecule has 2 heterocycles. The van der Waals surface area contributed by atoms with E-state index in [0.29, 0.717) is 11.8 Å². The van der Waals surface area contributed by atoms with Gasteiger partial charge in [-0.25, -0.2) is 0 Å². The molecule has 0 saturated carbocycles. The molecule has 0 aliphatic carbocycles. The second-order valence-electron chi connectivity index (χ2n) is 4.46. The Morgan fingerprint density at radius 1 is 1.44 bits per heavy atom. The van der Waals surface area contributed by atoms with Crippen LogP contribution in [-0.2, 0) is 11.2 Å². The van der Waals surface area contributed by atoms with Crippen molar-refractivity contribution in [1.29, 1.82) is 0 Å². The molecule has 4 heteroatoms. The van der Waals surface area contributed by atoms with E-state index in [2.05, 4.69) is 18.3 Å². The van der Waals surface area contributed by atoms with E-state index in [0.717, 1.165) is 11.9 Å². The van der Waals surface area contributed by atoms with Gasteiger partial charge in [0.25, 0.3) is 0 Å². The van der Waals surface area contributed by atoms with E-state index < -0.39 is 0 Å². The van der Waals surface area contributed by atoms with Crippen LogP contribution in [0, 0.1) is 0 Å². The number of likely N-dealkylation sites (N-methyl/N-ethyl adjacent to an activating group) is 1. The Morgan fingerprint density at radius 2 is 2.22 bits per heavy atom. The Balaban J connectivity index is 2.44. The van der Waals surface area contributed by atoms with Crippen molar-refractivity contribution in [3.8, 4) is 5.75 Å². The molecule has 0 spiro atoms. The van der Waals surface area contributed by atoms with Crippen LogP contribution in [-0.4, -0.2) is 23.5 Å². The average Bonchev–Trinajstić information content (AvgIpc) is 2.73. The largest absolute Gasteiger partial charge is 0.424 e. The molecule has 0 aromatic carbocycles. The molecular formula is C14H18N2O2. The first-order valence-corrected chi connectivity index (χ1v) is 6.06. The van der Waals surface area contributed by atoms with Gasteiger partial charge in [-0.1, -0.05) is 0 Å². The van der Waals surface area contributed by atoms with E-state index in [1.807, 2.05) is 36.0 Å². The highest BCUT2D eigenvalue weighted by molar-refractivity contribution is 5.75. The standard InChI is InChI=1S/C14H18N2O2/c1-10(15-3)9-12-6-8-16-7-4-5-13(14(12)16)18-11(2)17/h4-8,10,15H,9H2,1-3H3. The Hall–Kier alpha value is -1.81. The van der Waals surface area contributed by atoms with E-state index in [1.54, 1.807) is 0 Å². The minimum Gasteiger partial charge on any atom is -0.424 e. The van der Waals surface area contributed by atoms with Crippen LogP contribution in [0.15, 0.2) is 30.6 Å². The molecule has 0 aliphatic heterocycles. The Kier molecular flexibility index (Phi) is 3.67. The molecule has 0 aliphatic rings. The summed E-state index contributed by atoms with van der Waals surface area (Å²) in [6.07, 6.45) is 4.83. The van der Waals surface area contributed by atoms with E-state index in [4.69, 9.17) is 4.74 Å². The molecule has 1 unspecified atom stereocenters. The molecule has 1 atom stereocenters. The number of carbonyl (C=O) groups is 1. The zero-order valence-corrected chi connectivity index (χ0v) is 10.9. The van der Waals surface area contributed by atoms with Crippen LogP contribution >= 0.6 is 0 Å². The van der Waals surface area contributed by atoms with Crippen LogP contribution in [0.1, 0.15) is 19.4 Å². The predicted molar refractivity (Wildman–Crippen MR) is 70.9 cm³/mol. The summed E-state index contributed by atoms with van der Waals surface area (Å²) in [6, 6.07) is 6.14. The molecular weight excluding hydrogens is 228 g/mol. The monoisotopic (exact) mass is 246 g/mol. The van der Waals surface area contributed by atoms with Crippen molar-refractivity contribution in [3.05, 3.63) is 36.2 Å². The number of carbonyl (C=O) groups excluding carboxylic acids is 1. The van der Waals surface area contributed by atoms with Crippen molar-refractivity contribution in [1.82, 2.24) is 9.72 Å². The lowest BCUT2D eigenvalue weighted by Crippen LogP contribution is -2.23. The zero-order chi connectivity index (χ0) is 13.1. The van der Waals surface area contributed by atoms with E-state index >= 15 is 0 Å². The molecule has 1 N–H and O–H groups in total. The van der Waals surface area contributed by atoms with Crippen LogP contribution in [0.25, 0.3) is 5.52 Å². The fourth-order valence-electron chi connectivity index (χ4n) is 2.04. The molecule has 0 saturated heterocycles. The van der Waals surface area contributed by atoms with Gasteiger partial charge >= 0.3 is 5.97 Å². The lowest BCUT2D eigenvalue weighted by molar-refractivity contribution is -0.131. The van der Waals surface area contributed by atoms with Gasteiger partial charge in [-0.3, -0.25) is 4.79 Å². The number of fused-ring (bicyclic) bond motifs is 1. The van der Waals surface area contributed by atoms with Gasteiger partial charge in [0.1, 0.15) is 0 Å². The van der Waals surface area contributed by atoms with Crippen molar-refractivity contribution in [2.75, 3.05) is 7.05 Å². The van der Waals surface area contributed by atoms with Gasteiger partial charge in [0, 0.05) is 25.4 Å². The molecule has 2 aromatic heterocycles. The zero-order valence-electron chi connectivity index (χ0n) is 10.9. The first-order chi connectivity index (χ1) is 8.61. The van der Waals surface area contributed by atoms with Crippen LogP contribution in [0.5, 0.6) is 5.75 Å². The van der Waals surface area contributed by atoms with Crippen molar-refractivity contribution in [2.24, 2.45) is 0 Å². The van der Waals surface area contributed by atoms with Crippen LogP contribution < -0.4 is 10.1 Å². The van der Waals surface area contributed by atoms with Crippen LogP contribution in [0.3, 0.4) is 0 Å². The smallest absolute Gasteiger partial charge is 0.308 e. The molecule has 0 bridgehead atoms. The van der Waals surface area contributed by atoms with Gasteiger partial charge < -0.3 is 14.5 Å². The van der Waals surface area contributed by atoms with E-state index in [9.17, 15) is 4.79 Å². The summed E-state index contributed by atoms with van der Waals surface area (Å²) in [7, 11) is 1.94. The molecule has 4 nitrogen and oxygen atoms in total. The fourth-order valence-corrected chi connectivity index (χ4v) is 2.04. The van der Waals surface area contributed by atoms with Crippen molar-refractivity contribution < 1.29 is 9.53 Å². The quantitative estimate of drug-likeness (QED) is 0.839. The highest BCUT2D eigenvalue weighted by Gasteiger charge is 2.12. The summed E-state index contributed by atoms with van der Waals surface area (Å²) in [5, 5.41) is 3.21. The first-order valence-electron chi connectivity index (χ1n) is 6.06. The van der Waals surface area contributed by atoms with E-state index in [1.165, 1.54) is 12.5 Å². The summed E-state index contributed by atoms with van der Waals surface area (Å²) in [5.74, 6) is 0.324. The Labute approximate surface area is 107 Å². The first kappa shape index (κ1) is 12.6. The van der Waals surface area contributed by atoms with Gasteiger partial charge in [0.2, 0.25) is 0 Å². The number of hydrogen-bond donors (Lipinski definition) is 1. The molecule has 96 valence electrons. The van der Waals surface area contributed by atoms with Crippen molar-refractivity contribution in [3.63, 3.8) is 0 Å². The number of ether oxygens (including phenoxy) is 1. The van der Waals surface area contributed by atoms with Gasteiger partial charge in [0.05, 0.1) is 5.52 Å². The average molecular weight is 246 g/mol. The minimum atomic E-state index is -0.295. The number of hydrogen-bond acceptors (Lipinski definition) is 3. The van der Waals surface area contributed by atoms with Crippen LogP contribution in [0.4, 0.5) is 0 Å². The number of nitrogens with zero attached hydrogens (tertiary/aromatic N) is 1. The van der Waals surface area contributed by atoms with Gasteiger partial charge in [-0.2, -0.15) is 0 Å². The van der Waals surface area contributed by atoms with Crippen molar-refractivity contribution in [2.45, 2.75) is 26.3 Å². The lowest BCUT2D eigenvalue weighted by Gasteiger charge is -2.11. The Morgan fingerprint density at radius 3 is 2.89 bits per heavy atom. The third kappa shape index (κ3) is 2.54. The van der Waals surface area contributed by atoms with Crippen molar-refractivity contribution >= 4 is 11.5 Å². The maximum absolute atomic E-state index is 11.1. The summed E-state index contributed by atoms with van der Waals surface area (Å²) in [6.45, 7) is 3.54. The number of rotatable bonds is 4. The topological polar surface area (TPSA) is 42.7 Å². The molecule has 0 amide bonds. The van der Waals surface area contributed by atoms with Crippen LogP contribution in [0.2, 0.25) is 0 Å². The normalized spacial score (nSPS) is 12.6. The molecule has 0 fully saturated rings. The molecule has 2 aromatic rings. The number of aromatic nitrogens is 1. The number of nitrogens with one attached hydrogen (secondary N) is 1. The predicted octanol–water partition coefficient (Wildman–Crippen LogP) is 2.02. The van der Waals surface area contributed by atoms with Gasteiger partial charge in [-0.05, 0) is 44.2 Å². The maximum atomic E-state index is 11.1. The molecule has 18 heavy (non-hydrogen) atoms. The van der Waals surface area contributed by atoms with Gasteiger partial charge in [-0.15, -0.1) is 0 Å². The minimum absolute atomic E-state index is 0.295. The summed E-state index contributed by atoms with van der Waals surface area (Å²) < 4.78 is 7.24.